The Bertz CT molecular complexity index is 918. The van der Waals surface area contributed by atoms with Crippen molar-refractivity contribution in [1.29, 1.82) is 0 Å². The molecule has 2 aromatic rings. The number of carbonyl (C=O) groups excluding carboxylic acids is 1. The van der Waals surface area contributed by atoms with Crippen LogP contribution in [0.1, 0.15) is 38.2 Å². The summed E-state index contributed by atoms with van der Waals surface area (Å²) in [7, 11) is -3.48. The number of sulfonamides is 1. The van der Waals surface area contributed by atoms with Gasteiger partial charge in [-0.1, -0.05) is 31.0 Å². The highest BCUT2D eigenvalue weighted by Crippen LogP contribution is 2.22. The predicted octanol–water partition coefficient (Wildman–Crippen LogP) is 3.97. The molecule has 1 N–H and O–H groups in total. The molecule has 0 spiro atoms. The molecule has 1 aliphatic rings. The quantitative estimate of drug-likeness (QED) is 0.741. The molecule has 1 aliphatic heterocycles. The van der Waals surface area contributed by atoms with Crippen LogP contribution in [0, 0.1) is 6.92 Å². The average Bonchev–Trinajstić information content (AvgIpc) is 2.74. The van der Waals surface area contributed by atoms with Crippen LogP contribution >= 0.6 is 0 Å². The van der Waals surface area contributed by atoms with Gasteiger partial charge >= 0.3 is 0 Å². The number of amides is 1. The average molecular weight is 417 g/mol. The number of rotatable bonds is 7. The molecule has 7 heteroatoms. The minimum Gasteiger partial charge on any atom is -0.481 e. The Balaban J connectivity index is 1.64. The summed E-state index contributed by atoms with van der Waals surface area (Å²) in [6.07, 6.45) is 2.75. The van der Waals surface area contributed by atoms with Gasteiger partial charge in [0.15, 0.2) is 6.10 Å². The first-order chi connectivity index (χ1) is 13.9. The normalized spacial score (nSPS) is 16.2. The predicted molar refractivity (Wildman–Crippen MR) is 114 cm³/mol. The third-order valence-electron chi connectivity index (χ3n) is 5.04. The van der Waals surface area contributed by atoms with Gasteiger partial charge in [0.05, 0.1) is 4.90 Å². The number of anilines is 1. The van der Waals surface area contributed by atoms with Gasteiger partial charge in [-0.05, 0) is 62.6 Å². The Hall–Kier alpha value is -2.38. The lowest BCUT2D eigenvalue weighted by molar-refractivity contribution is -0.122. The zero-order valence-corrected chi connectivity index (χ0v) is 17.7. The van der Waals surface area contributed by atoms with E-state index in [4.69, 9.17) is 4.74 Å². The van der Waals surface area contributed by atoms with E-state index in [1.54, 1.807) is 24.3 Å². The maximum atomic E-state index is 12.7. The second-order valence-electron chi connectivity index (χ2n) is 7.31. The highest BCUT2D eigenvalue weighted by atomic mass is 32.2. The molecule has 1 atom stereocenters. The number of benzene rings is 2. The molecule has 0 saturated carbocycles. The van der Waals surface area contributed by atoms with Crippen molar-refractivity contribution in [3.05, 3.63) is 54.1 Å². The van der Waals surface area contributed by atoms with E-state index in [-0.39, 0.29) is 10.8 Å². The smallest absolute Gasteiger partial charge is 0.265 e. The first-order valence-corrected chi connectivity index (χ1v) is 11.5. The lowest BCUT2D eigenvalue weighted by Crippen LogP contribution is -2.35. The Labute approximate surface area is 172 Å². The first kappa shape index (κ1) is 21.3. The maximum Gasteiger partial charge on any atom is 0.265 e. The van der Waals surface area contributed by atoms with Crippen molar-refractivity contribution in [1.82, 2.24) is 4.31 Å². The monoisotopic (exact) mass is 416 g/mol. The molecule has 29 heavy (non-hydrogen) atoms. The number of ether oxygens (including phenoxy) is 1. The van der Waals surface area contributed by atoms with Gasteiger partial charge in [-0.2, -0.15) is 4.31 Å². The van der Waals surface area contributed by atoms with E-state index in [1.807, 2.05) is 38.1 Å². The van der Waals surface area contributed by atoms with Crippen LogP contribution in [0.2, 0.25) is 0 Å². The fourth-order valence-corrected chi connectivity index (χ4v) is 4.81. The molecule has 0 bridgehead atoms. The maximum absolute atomic E-state index is 12.7. The number of nitrogens with one attached hydrogen (secondary N) is 1. The molecule has 0 radical (unpaired) electrons. The Morgan fingerprint density at radius 2 is 1.66 bits per heavy atom. The summed E-state index contributed by atoms with van der Waals surface area (Å²) in [5, 5.41) is 2.81. The van der Waals surface area contributed by atoms with E-state index in [1.165, 1.54) is 4.31 Å². The standard InChI is InChI=1S/C22H28N2O4S/c1-3-21(28-19-11-7-17(2)8-12-19)22(25)23-18-9-13-20(14-10-18)29(26,27)24-15-5-4-6-16-24/h7-14,21H,3-6,15-16H2,1-2H3,(H,23,25)/t21-/m1/s1. The zero-order chi connectivity index (χ0) is 20.9. The lowest BCUT2D eigenvalue weighted by Gasteiger charge is -2.26. The van der Waals surface area contributed by atoms with Gasteiger partial charge in [-0.25, -0.2) is 8.42 Å². The van der Waals surface area contributed by atoms with Crippen molar-refractivity contribution in [2.45, 2.75) is 50.5 Å². The van der Waals surface area contributed by atoms with Crippen LogP contribution in [0.15, 0.2) is 53.4 Å². The summed E-state index contributed by atoms with van der Waals surface area (Å²) in [5.41, 5.74) is 1.66. The molecule has 1 saturated heterocycles. The third kappa shape index (κ3) is 5.36. The number of piperidine rings is 1. The van der Waals surface area contributed by atoms with E-state index in [0.29, 0.717) is 30.9 Å². The Morgan fingerprint density at radius 3 is 2.24 bits per heavy atom. The van der Waals surface area contributed by atoms with Crippen LogP contribution in [-0.4, -0.2) is 37.8 Å². The van der Waals surface area contributed by atoms with Gasteiger partial charge in [0.25, 0.3) is 5.91 Å². The molecule has 1 amide bonds. The minimum absolute atomic E-state index is 0.250. The van der Waals surface area contributed by atoms with Crippen LogP contribution in [0.3, 0.4) is 0 Å². The molecule has 6 nitrogen and oxygen atoms in total. The van der Waals surface area contributed by atoms with Gasteiger partial charge in [-0.3, -0.25) is 4.79 Å². The zero-order valence-electron chi connectivity index (χ0n) is 16.9. The molecular weight excluding hydrogens is 388 g/mol. The van der Waals surface area contributed by atoms with Crippen molar-refractivity contribution < 1.29 is 17.9 Å². The van der Waals surface area contributed by atoms with Crippen LogP contribution in [-0.2, 0) is 14.8 Å². The van der Waals surface area contributed by atoms with E-state index in [9.17, 15) is 13.2 Å². The van der Waals surface area contributed by atoms with E-state index in [0.717, 1.165) is 24.8 Å². The molecule has 3 rings (SSSR count). The number of nitrogens with zero attached hydrogens (tertiary/aromatic N) is 1. The lowest BCUT2D eigenvalue weighted by atomic mass is 10.2. The largest absolute Gasteiger partial charge is 0.481 e. The van der Waals surface area contributed by atoms with Crippen LogP contribution < -0.4 is 10.1 Å². The van der Waals surface area contributed by atoms with Gasteiger partial charge in [0.2, 0.25) is 10.0 Å². The van der Waals surface area contributed by atoms with E-state index in [2.05, 4.69) is 5.32 Å². The van der Waals surface area contributed by atoms with Crippen molar-refractivity contribution in [3.63, 3.8) is 0 Å². The summed E-state index contributed by atoms with van der Waals surface area (Å²) >= 11 is 0. The topological polar surface area (TPSA) is 75.7 Å². The number of hydrogen-bond donors (Lipinski definition) is 1. The molecule has 1 heterocycles. The number of aryl methyl sites for hydroxylation is 1. The van der Waals surface area contributed by atoms with Gasteiger partial charge in [0, 0.05) is 18.8 Å². The highest BCUT2D eigenvalue weighted by molar-refractivity contribution is 7.89. The van der Waals surface area contributed by atoms with E-state index >= 15 is 0 Å². The van der Waals surface area contributed by atoms with Crippen LogP contribution in [0.5, 0.6) is 5.75 Å². The first-order valence-electron chi connectivity index (χ1n) is 10.0. The fraction of sp³-hybridized carbons (Fsp3) is 0.409. The van der Waals surface area contributed by atoms with Crippen LogP contribution in [0.4, 0.5) is 5.69 Å². The molecule has 2 aromatic carbocycles. The second-order valence-corrected chi connectivity index (χ2v) is 9.24. The van der Waals surface area contributed by atoms with E-state index < -0.39 is 16.1 Å². The van der Waals surface area contributed by atoms with Crippen molar-refractivity contribution in [3.8, 4) is 5.75 Å². The van der Waals surface area contributed by atoms with Gasteiger partial charge in [0.1, 0.15) is 5.75 Å². The van der Waals surface area contributed by atoms with Crippen LogP contribution in [0.25, 0.3) is 0 Å². The summed E-state index contributed by atoms with van der Waals surface area (Å²) in [6, 6.07) is 13.9. The summed E-state index contributed by atoms with van der Waals surface area (Å²) in [4.78, 5) is 12.8. The minimum atomic E-state index is -3.48. The molecule has 0 aromatic heterocycles. The molecule has 156 valence electrons. The van der Waals surface area contributed by atoms with Crippen molar-refractivity contribution in [2.75, 3.05) is 18.4 Å². The van der Waals surface area contributed by atoms with Crippen molar-refractivity contribution >= 4 is 21.6 Å². The summed E-state index contributed by atoms with van der Waals surface area (Å²) in [5.74, 6) is 0.375. The molecule has 0 unspecified atom stereocenters. The Kier molecular flexibility index (Phi) is 6.92. The number of hydrogen-bond acceptors (Lipinski definition) is 4. The molecule has 1 fully saturated rings. The second kappa shape index (κ2) is 9.41. The van der Waals surface area contributed by atoms with Gasteiger partial charge < -0.3 is 10.1 Å². The summed E-state index contributed by atoms with van der Waals surface area (Å²) < 4.78 is 32.8. The summed E-state index contributed by atoms with van der Waals surface area (Å²) in [6.45, 7) is 5.00. The van der Waals surface area contributed by atoms with Gasteiger partial charge in [-0.15, -0.1) is 0 Å². The Morgan fingerprint density at radius 1 is 1.03 bits per heavy atom. The highest BCUT2D eigenvalue weighted by Gasteiger charge is 2.26. The fourth-order valence-electron chi connectivity index (χ4n) is 3.29. The molecule has 0 aliphatic carbocycles. The SMILES string of the molecule is CC[C@@H](Oc1ccc(C)cc1)C(=O)Nc1ccc(S(=O)(=O)N2CCCCC2)cc1. The number of carbonyl (C=O) groups is 1. The molecular formula is C22H28N2O4S. The third-order valence-corrected chi connectivity index (χ3v) is 6.95. The van der Waals surface area contributed by atoms with Crippen molar-refractivity contribution in [2.24, 2.45) is 0 Å².